The predicted octanol–water partition coefficient (Wildman–Crippen LogP) is 0.674. The highest BCUT2D eigenvalue weighted by Gasteiger charge is 2.19. The zero-order valence-corrected chi connectivity index (χ0v) is 10.5. The molecule has 1 aliphatic rings. The summed E-state index contributed by atoms with van der Waals surface area (Å²) in [6.45, 7) is 4.53. The van der Waals surface area contributed by atoms with Gasteiger partial charge in [0.05, 0.1) is 0 Å². The van der Waals surface area contributed by atoms with Gasteiger partial charge in [-0.05, 0) is 32.9 Å². The summed E-state index contributed by atoms with van der Waals surface area (Å²) < 4.78 is 1.20. The predicted molar refractivity (Wildman–Crippen MR) is 66.6 cm³/mol. The molecule has 17 heavy (non-hydrogen) atoms. The van der Waals surface area contributed by atoms with Gasteiger partial charge in [-0.25, -0.2) is 4.79 Å². The fourth-order valence-electron chi connectivity index (χ4n) is 2.23. The maximum atomic E-state index is 11.7. The lowest BCUT2D eigenvalue weighted by Gasteiger charge is -2.23. The average Bonchev–Trinajstić information content (AvgIpc) is 2.76. The molecule has 2 rings (SSSR count). The number of H-pyrrole nitrogens is 1. The van der Waals surface area contributed by atoms with Crippen molar-refractivity contribution < 1.29 is 0 Å². The van der Waals surface area contributed by atoms with Gasteiger partial charge in [0.25, 0.3) is 5.56 Å². The number of likely N-dealkylation sites (tertiary alicyclic amines) is 1. The van der Waals surface area contributed by atoms with Crippen molar-refractivity contribution in [3.63, 3.8) is 0 Å². The fourth-order valence-corrected chi connectivity index (χ4v) is 2.40. The lowest BCUT2D eigenvalue weighted by atomic mass is 10.3. The summed E-state index contributed by atoms with van der Waals surface area (Å²) in [5, 5.41) is 0.0880. The quantitative estimate of drug-likeness (QED) is 0.810. The van der Waals surface area contributed by atoms with Crippen LogP contribution in [0.25, 0.3) is 0 Å². The monoisotopic (exact) mass is 257 g/mol. The third-order valence-electron chi connectivity index (χ3n) is 3.20. The van der Waals surface area contributed by atoms with Crippen LogP contribution in [0.4, 0.5) is 0 Å². The Hall–Kier alpha value is -1.07. The van der Waals surface area contributed by atoms with Crippen molar-refractivity contribution in [1.82, 2.24) is 14.5 Å². The number of aromatic nitrogens is 2. The normalized spacial score (nSPS) is 18.5. The summed E-state index contributed by atoms with van der Waals surface area (Å²) in [6, 6.07) is 1.43. The number of aromatic amines is 1. The smallest absolute Gasteiger partial charge is 0.299 e. The molecule has 1 atom stereocenters. The first-order chi connectivity index (χ1) is 8.08. The van der Waals surface area contributed by atoms with Gasteiger partial charge in [0.15, 0.2) is 0 Å². The SMILES string of the molecule is CC(Cn1c(=O)cc(Cl)[nH]c1=O)N1CCCC1. The molecule has 1 unspecified atom stereocenters. The van der Waals surface area contributed by atoms with Crippen molar-refractivity contribution in [2.75, 3.05) is 13.1 Å². The van der Waals surface area contributed by atoms with E-state index in [1.54, 1.807) is 0 Å². The highest BCUT2D eigenvalue weighted by Crippen LogP contribution is 2.11. The van der Waals surface area contributed by atoms with E-state index in [9.17, 15) is 9.59 Å². The second-order valence-corrected chi connectivity index (χ2v) is 4.87. The van der Waals surface area contributed by atoms with Gasteiger partial charge in [-0.2, -0.15) is 0 Å². The molecule has 1 aliphatic heterocycles. The van der Waals surface area contributed by atoms with Crippen LogP contribution in [0, 0.1) is 0 Å². The summed E-state index contributed by atoms with van der Waals surface area (Å²) in [7, 11) is 0. The average molecular weight is 258 g/mol. The minimum Gasteiger partial charge on any atom is -0.299 e. The first-order valence-corrected chi connectivity index (χ1v) is 6.19. The molecule has 0 spiro atoms. The molecule has 1 aromatic heterocycles. The van der Waals surface area contributed by atoms with Crippen LogP contribution >= 0.6 is 11.6 Å². The summed E-state index contributed by atoms with van der Waals surface area (Å²) in [5.41, 5.74) is -0.779. The van der Waals surface area contributed by atoms with E-state index in [0.29, 0.717) is 6.54 Å². The molecule has 0 bridgehead atoms. The van der Waals surface area contributed by atoms with Gasteiger partial charge in [0.2, 0.25) is 0 Å². The molecule has 1 aromatic rings. The Kier molecular flexibility index (Phi) is 3.69. The van der Waals surface area contributed by atoms with Crippen LogP contribution in [-0.4, -0.2) is 33.6 Å². The minimum atomic E-state index is -0.437. The summed E-state index contributed by atoms with van der Waals surface area (Å²) in [6.07, 6.45) is 2.38. The summed E-state index contributed by atoms with van der Waals surface area (Å²) >= 11 is 5.61. The number of nitrogens with zero attached hydrogens (tertiary/aromatic N) is 2. The Morgan fingerprint density at radius 3 is 2.65 bits per heavy atom. The van der Waals surface area contributed by atoms with Gasteiger partial charge in [0, 0.05) is 18.7 Å². The van der Waals surface area contributed by atoms with Crippen molar-refractivity contribution >= 4 is 11.6 Å². The molecular formula is C11H16ClN3O2. The van der Waals surface area contributed by atoms with E-state index >= 15 is 0 Å². The molecule has 0 radical (unpaired) electrons. The van der Waals surface area contributed by atoms with E-state index < -0.39 is 5.69 Å². The van der Waals surface area contributed by atoms with E-state index in [-0.39, 0.29) is 16.8 Å². The second kappa shape index (κ2) is 5.06. The van der Waals surface area contributed by atoms with Crippen LogP contribution in [0.15, 0.2) is 15.7 Å². The Bertz CT molecular complexity index is 471. The molecule has 0 aromatic carbocycles. The van der Waals surface area contributed by atoms with Crippen LogP contribution in [0.3, 0.4) is 0 Å². The van der Waals surface area contributed by atoms with E-state index in [1.165, 1.54) is 23.5 Å². The maximum absolute atomic E-state index is 11.7. The van der Waals surface area contributed by atoms with Crippen molar-refractivity contribution in [2.45, 2.75) is 32.4 Å². The summed E-state index contributed by atoms with van der Waals surface area (Å²) in [4.78, 5) is 28.0. The largest absolute Gasteiger partial charge is 0.329 e. The van der Waals surface area contributed by atoms with Crippen molar-refractivity contribution in [2.24, 2.45) is 0 Å². The number of hydrogen-bond donors (Lipinski definition) is 1. The van der Waals surface area contributed by atoms with Crippen LogP contribution in [0.5, 0.6) is 0 Å². The lowest BCUT2D eigenvalue weighted by molar-refractivity contribution is 0.232. The van der Waals surface area contributed by atoms with Gasteiger partial charge >= 0.3 is 5.69 Å². The molecular weight excluding hydrogens is 242 g/mol. The van der Waals surface area contributed by atoms with Gasteiger partial charge < -0.3 is 0 Å². The van der Waals surface area contributed by atoms with Crippen LogP contribution < -0.4 is 11.2 Å². The minimum absolute atomic E-state index is 0.0880. The number of rotatable bonds is 3. The molecule has 1 fully saturated rings. The highest BCUT2D eigenvalue weighted by atomic mass is 35.5. The Morgan fingerprint density at radius 2 is 2.06 bits per heavy atom. The van der Waals surface area contributed by atoms with E-state index in [4.69, 9.17) is 11.6 Å². The molecule has 0 saturated carbocycles. The van der Waals surface area contributed by atoms with Gasteiger partial charge in [-0.1, -0.05) is 11.6 Å². The van der Waals surface area contributed by atoms with Gasteiger partial charge in [0.1, 0.15) is 5.15 Å². The molecule has 0 aliphatic carbocycles. The molecule has 2 heterocycles. The Labute approximate surface area is 104 Å². The zero-order valence-electron chi connectivity index (χ0n) is 9.78. The first-order valence-electron chi connectivity index (χ1n) is 5.81. The molecule has 5 nitrogen and oxygen atoms in total. The topological polar surface area (TPSA) is 58.1 Å². The molecule has 94 valence electrons. The maximum Gasteiger partial charge on any atom is 0.329 e. The van der Waals surface area contributed by atoms with E-state index in [2.05, 4.69) is 9.88 Å². The number of hydrogen-bond acceptors (Lipinski definition) is 3. The van der Waals surface area contributed by atoms with E-state index in [1.807, 2.05) is 6.92 Å². The molecule has 1 saturated heterocycles. The van der Waals surface area contributed by atoms with Gasteiger partial charge in [-0.15, -0.1) is 0 Å². The number of halogens is 1. The molecule has 0 amide bonds. The van der Waals surface area contributed by atoms with Crippen molar-refractivity contribution in [1.29, 1.82) is 0 Å². The Morgan fingerprint density at radius 1 is 1.41 bits per heavy atom. The van der Waals surface area contributed by atoms with E-state index in [0.717, 1.165) is 13.1 Å². The van der Waals surface area contributed by atoms with Crippen molar-refractivity contribution in [3.8, 4) is 0 Å². The van der Waals surface area contributed by atoms with Crippen molar-refractivity contribution in [3.05, 3.63) is 32.1 Å². The van der Waals surface area contributed by atoms with Gasteiger partial charge in [-0.3, -0.25) is 19.2 Å². The fraction of sp³-hybridized carbons (Fsp3) is 0.636. The third-order valence-corrected chi connectivity index (χ3v) is 3.40. The first kappa shape index (κ1) is 12.4. The van der Waals surface area contributed by atoms with Crippen LogP contribution in [-0.2, 0) is 6.54 Å². The standard InChI is InChI=1S/C11H16ClN3O2/c1-8(14-4-2-3-5-14)7-15-10(16)6-9(12)13-11(15)17/h6,8H,2-5,7H2,1H3,(H,13,17). The Balaban J connectivity index is 2.18. The molecule has 1 N–H and O–H groups in total. The zero-order chi connectivity index (χ0) is 12.4. The van der Waals surface area contributed by atoms with Crippen LogP contribution in [0.1, 0.15) is 19.8 Å². The summed E-state index contributed by atoms with van der Waals surface area (Å²) in [5.74, 6) is 0. The highest BCUT2D eigenvalue weighted by molar-refractivity contribution is 6.29. The lowest BCUT2D eigenvalue weighted by Crippen LogP contribution is -2.42. The third kappa shape index (κ3) is 2.79. The number of nitrogens with one attached hydrogen (secondary N) is 1. The van der Waals surface area contributed by atoms with Crippen LogP contribution in [0.2, 0.25) is 5.15 Å². The second-order valence-electron chi connectivity index (χ2n) is 4.46. The molecule has 6 heteroatoms.